The Morgan fingerprint density at radius 1 is 1.15 bits per heavy atom. The molecule has 1 aromatic carbocycles. The summed E-state index contributed by atoms with van der Waals surface area (Å²) in [5.74, 6) is 1.59. The van der Waals surface area contributed by atoms with Crippen molar-refractivity contribution in [1.29, 1.82) is 0 Å². The van der Waals surface area contributed by atoms with E-state index in [1.807, 2.05) is 39.8 Å². The van der Waals surface area contributed by atoms with Crippen molar-refractivity contribution in [2.24, 2.45) is 0 Å². The zero-order valence-electron chi connectivity index (χ0n) is 15.0. The summed E-state index contributed by atoms with van der Waals surface area (Å²) in [4.78, 5) is 16.6. The summed E-state index contributed by atoms with van der Waals surface area (Å²) in [7, 11) is 1.66. The van der Waals surface area contributed by atoms with Gasteiger partial charge in [0.05, 0.1) is 19.8 Å². The minimum absolute atomic E-state index is 0.0322. The number of anilines is 1. The second-order valence-electron chi connectivity index (χ2n) is 6.18. The summed E-state index contributed by atoms with van der Waals surface area (Å²) >= 11 is 0. The molecule has 0 aliphatic carbocycles. The molecule has 1 aliphatic rings. The molecule has 0 atom stereocenters. The van der Waals surface area contributed by atoms with E-state index < -0.39 is 0 Å². The van der Waals surface area contributed by atoms with Crippen LogP contribution in [0.2, 0.25) is 0 Å². The predicted octanol–water partition coefficient (Wildman–Crippen LogP) is 0.422. The van der Waals surface area contributed by atoms with Crippen LogP contribution in [0, 0.1) is 0 Å². The van der Waals surface area contributed by atoms with Gasteiger partial charge >= 0.3 is 0 Å². The Hall–Kier alpha value is -2.45. The van der Waals surface area contributed by atoms with Gasteiger partial charge in [0, 0.05) is 45.3 Å². The molecule has 0 unspecified atom stereocenters. The number of amides is 1. The molecule has 8 nitrogen and oxygen atoms in total. The smallest absolute Gasteiger partial charge is 0.253 e. The van der Waals surface area contributed by atoms with Gasteiger partial charge in [0.2, 0.25) is 5.95 Å². The Morgan fingerprint density at radius 2 is 1.88 bits per heavy atom. The van der Waals surface area contributed by atoms with Crippen LogP contribution >= 0.6 is 0 Å². The molecule has 1 aromatic heterocycles. The molecule has 1 fully saturated rings. The number of hydrogen-bond acceptors (Lipinski definition) is 6. The molecule has 1 aliphatic heterocycles. The first-order valence-corrected chi connectivity index (χ1v) is 8.85. The molecular weight excluding hydrogens is 334 g/mol. The number of aliphatic hydroxyl groups excluding tert-OH is 1. The monoisotopic (exact) mass is 359 g/mol. The van der Waals surface area contributed by atoms with Crippen LogP contribution in [0.1, 0.15) is 16.2 Å². The van der Waals surface area contributed by atoms with Crippen LogP contribution in [0.3, 0.4) is 0 Å². The van der Waals surface area contributed by atoms with Gasteiger partial charge in [-0.15, -0.1) is 10.2 Å². The zero-order valence-corrected chi connectivity index (χ0v) is 15.0. The van der Waals surface area contributed by atoms with Crippen LogP contribution in [-0.4, -0.2) is 77.2 Å². The molecular formula is C18H25N5O3. The van der Waals surface area contributed by atoms with E-state index in [1.165, 1.54) is 0 Å². The van der Waals surface area contributed by atoms with Crippen molar-refractivity contribution in [2.45, 2.75) is 13.0 Å². The number of nitrogens with zero attached hydrogens (tertiary/aromatic N) is 5. The van der Waals surface area contributed by atoms with Gasteiger partial charge in [-0.1, -0.05) is 18.2 Å². The van der Waals surface area contributed by atoms with Crippen molar-refractivity contribution in [3.8, 4) is 0 Å². The Kier molecular flexibility index (Phi) is 6.19. The molecule has 3 rings (SSSR count). The molecule has 0 bridgehead atoms. The minimum Gasteiger partial charge on any atom is -0.396 e. The summed E-state index contributed by atoms with van der Waals surface area (Å²) in [5.41, 5.74) is 0.717. The summed E-state index contributed by atoms with van der Waals surface area (Å²) in [6.07, 6.45) is 0.461. The first kappa shape index (κ1) is 18.3. The standard InChI is InChI=1S/C18H25N5O3/c1-26-14-12-23-16(7-13-24)19-20-18(23)22-10-8-21(9-11-22)17(25)15-5-3-2-4-6-15/h2-6,24H,7-14H2,1H3. The average molecular weight is 359 g/mol. The van der Waals surface area contributed by atoms with Crippen molar-refractivity contribution in [3.05, 3.63) is 41.7 Å². The molecule has 140 valence electrons. The Balaban J connectivity index is 1.67. The SMILES string of the molecule is COCCn1c(CCO)nnc1N1CCN(C(=O)c2ccccc2)CC1. The van der Waals surface area contributed by atoms with Gasteiger partial charge in [0.25, 0.3) is 5.91 Å². The van der Waals surface area contributed by atoms with Gasteiger partial charge in [-0.2, -0.15) is 0 Å². The predicted molar refractivity (Wildman–Crippen MR) is 97.2 cm³/mol. The quantitative estimate of drug-likeness (QED) is 0.771. The summed E-state index contributed by atoms with van der Waals surface area (Å²) < 4.78 is 7.17. The van der Waals surface area contributed by atoms with Crippen LogP contribution in [0.15, 0.2) is 30.3 Å². The lowest BCUT2D eigenvalue weighted by atomic mass is 10.2. The molecule has 8 heteroatoms. The van der Waals surface area contributed by atoms with Gasteiger partial charge in [-0.25, -0.2) is 0 Å². The Labute approximate surface area is 153 Å². The number of benzene rings is 1. The fourth-order valence-corrected chi connectivity index (χ4v) is 3.13. The second-order valence-corrected chi connectivity index (χ2v) is 6.18. The van der Waals surface area contributed by atoms with Gasteiger partial charge in [0.15, 0.2) is 0 Å². The lowest BCUT2D eigenvalue weighted by molar-refractivity contribution is 0.0746. The summed E-state index contributed by atoms with van der Waals surface area (Å²) in [6, 6.07) is 9.36. The maximum Gasteiger partial charge on any atom is 0.253 e. The van der Waals surface area contributed by atoms with E-state index >= 15 is 0 Å². The molecule has 0 radical (unpaired) electrons. The van der Waals surface area contributed by atoms with Gasteiger partial charge in [-0.05, 0) is 12.1 Å². The first-order chi connectivity index (χ1) is 12.7. The fraction of sp³-hybridized carbons (Fsp3) is 0.500. The third-order valence-corrected chi connectivity index (χ3v) is 4.53. The van der Waals surface area contributed by atoms with Crippen LogP contribution in [0.25, 0.3) is 0 Å². The van der Waals surface area contributed by atoms with E-state index in [9.17, 15) is 9.90 Å². The topological polar surface area (TPSA) is 83.7 Å². The summed E-state index contributed by atoms with van der Waals surface area (Å²) in [5, 5.41) is 17.7. The highest BCUT2D eigenvalue weighted by molar-refractivity contribution is 5.94. The van der Waals surface area contributed by atoms with E-state index in [2.05, 4.69) is 15.1 Å². The average Bonchev–Trinajstić information content (AvgIpc) is 3.09. The van der Waals surface area contributed by atoms with E-state index in [1.54, 1.807) is 7.11 Å². The highest BCUT2D eigenvalue weighted by Gasteiger charge is 2.25. The van der Waals surface area contributed by atoms with Crippen molar-refractivity contribution in [3.63, 3.8) is 0 Å². The maximum atomic E-state index is 12.6. The molecule has 1 N–H and O–H groups in total. The van der Waals surface area contributed by atoms with Crippen LogP contribution in [0.4, 0.5) is 5.95 Å². The zero-order chi connectivity index (χ0) is 18.4. The normalized spacial score (nSPS) is 14.7. The van der Waals surface area contributed by atoms with E-state index in [-0.39, 0.29) is 12.5 Å². The number of aromatic nitrogens is 3. The Morgan fingerprint density at radius 3 is 2.54 bits per heavy atom. The van der Waals surface area contributed by atoms with E-state index in [0.29, 0.717) is 45.8 Å². The summed E-state index contributed by atoms with van der Waals surface area (Å²) in [6.45, 7) is 3.89. The van der Waals surface area contributed by atoms with Gasteiger partial charge in [-0.3, -0.25) is 9.36 Å². The second kappa shape index (κ2) is 8.77. The lowest BCUT2D eigenvalue weighted by Gasteiger charge is -2.35. The van der Waals surface area contributed by atoms with Crippen LogP contribution in [0.5, 0.6) is 0 Å². The van der Waals surface area contributed by atoms with Crippen molar-refractivity contribution >= 4 is 11.9 Å². The number of ether oxygens (including phenoxy) is 1. The molecule has 2 aromatic rings. The Bertz CT molecular complexity index is 711. The van der Waals surface area contributed by atoms with E-state index in [4.69, 9.17) is 4.74 Å². The van der Waals surface area contributed by atoms with Crippen molar-refractivity contribution in [2.75, 3.05) is 51.4 Å². The molecule has 1 saturated heterocycles. The number of aliphatic hydroxyl groups is 1. The number of piperazine rings is 1. The maximum absolute atomic E-state index is 12.6. The van der Waals surface area contributed by atoms with Crippen LogP contribution in [-0.2, 0) is 17.7 Å². The third kappa shape index (κ3) is 4.03. The molecule has 2 heterocycles. The number of carbonyl (C=O) groups excluding carboxylic acids is 1. The highest BCUT2D eigenvalue weighted by Crippen LogP contribution is 2.17. The van der Waals surface area contributed by atoms with Gasteiger partial charge in [0.1, 0.15) is 5.82 Å². The molecule has 26 heavy (non-hydrogen) atoms. The largest absolute Gasteiger partial charge is 0.396 e. The highest BCUT2D eigenvalue weighted by atomic mass is 16.5. The number of methoxy groups -OCH3 is 1. The third-order valence-electron chi connectivity index (χ3n) is 4.53. The number of carbonyl (C=O) groups is 1. The van der Waals surface area contributed by atoms with Crippen molar-refractivity contribution < 1.29 is 14.6 Å². The molecule has 1 amide bonds. The number of rotatable bonds is 7. The minimum atomic E-state index is 0.0322. The van der Waals surface area contributed by atoms with Crippen LogP contribution < -0.4 is 4.90 Å². The molecule has 0 saturated carbocycles. The molecule has 0 spiro atoms. The lowest BCUT2D eigenvalue weighted by Crippen LogP contribution is -2.49. The first-order valence-electron chi connectivity index (χ1n) is 8.85. The number of hydrogen-bond donors (Lipinski definition) is 1. The fourth-order valence-electron chi connectivity index (χ4n) is 3.13. The van der Waals surface area contributed by atoms with E-state index in [0.717, 1.165) is 17.3 Å². The van der Waals surface area contributed by atoms with Crippen molar-refractivity contribution in [1.82, 2.24) is 19.7 Å². The van der Waals surface area contributed by atoms with Gasteiger partial charge < -0.3 is 19.6 Å².